The third kappa shape index (κ3) is 4.57. The Labute approximate surface area is 149 Å². The number of rotatable bonds is 6. The van der Waals surface area contributed by atoms with E-state index in [1.54, 1.807) is 0 Å². The molecule has 25 heavy (non-hydrogen) atoms. The molecule has 0 heterocycles. The number of aryl methyl sites for hydroxylation is 3. The van der Waals surface area contributed by atoms with Crippen molar-refractivity contribution in [3.05, 3.63) is 101 Å². The van der Waals surface area contributed by atoms with Crippen LogP contribution in [0.3, 0.4) is 0 Å². The summed E-state index contributed by atoms with van der Waals surface area (Å²) < 4.78 is 0. The Morgan fingerprint density at radius 3 is 2.16 bits per heavy atom. The first-order valence-electron chi connectivity index (χ1n) is 8.78. The van der Waals surface area contributed by atoms with Crippen LogP contribution in [0.5, 0.6) is 0 Å². The lowest BCUT2D eigenvalue weighted by Crippen LogP contribution is -2.14. The monoisotopic (exact) mass is 329 g/mol. The molecule has 0 aliphatic rings. The van der Waals surface area contributed by atoms with Crippen LogP contribution in [0.25, 0.3) is 0 Å². The summed E-state index contributed by atoms with van der Waals surface area (Å²) in [7, 11) is 0. The number of carbonyl (C=O) groups is 1. The Balaban J connectivity index is 1.71. The van der Waals surface area contributed by atoms with Gasteiger partial charge in [-0.2, -0.15) is 0 Å². The molecule has 0 unspecified atom stereocenters. The second kappa shape index (κ2) is 8.29. The van der Waals surface area contributed by atoms with Gasteiger partial charge in [-0.05, 0) is 54.2 Å². The van der Waals surface area contributed by atoms with Crippen molar-refractivity contribution in [3.63, 3.8) is 0 Å². The van der Waals surface area contributed by atoms with Gasteiger partial charge < -0.3 is 5.32 Å². The number of carbonyl (C=O) groups excluding carboxylic acids is 1. The van der Waals surface area contributed by atoms with Crippen LogP contribution in [-0.4, -0.2) is 5.91 Å². The molecule has 0 aliphatic heterocycles. The van der Waals surface area contributed by atoms with Crippen molar-refractivity contribution in [2.24, 2.45) is 0 Å². The first kappa shape index (κ1) is 17.0. The first-order valence-corrected chi connectivity index (χ1v) is 8.78. The zero-order valence-corrected chi connectivity index (χ0v) is 14.5. The van der Waals surface area contributed by atoms with Crippen molar-refractivity contribution in [1.82, 2.24) is 0 Å². The van der Waals surface area contributed by atoms with Crippen LogP contribution in [0.2, 0.25) is 0 Å². The number of anilines is 1. The van der Waals surface area contributed by atoms with E-state index in [4.69, 9.17) is 0 Å². The Morgan fingerprint density at radius 2 is 1.44 bits per heavy atom. The van der Waals surface area contributed by atoms with E-state index >= 15 is 0 Å². The van der Waals surface area contributed by atoms with Crippen molar-refractivity contribution in [2.75, 3.05) is 5.32 Å². The van der Waals surface area contributed by atoms with Gasteiger partial charge in [-0.25, -0.2) is 0 Å². The van der Waals surface area contributed by atoms with Crippen molar-refractivity contribution < 1.29 is 4.79 Å². The standard InChI is InChI=1S/C23H23NO/c1-2-18-13-16-21(17-14-18)24-23(25)22-11-7-6-10-20(22)15-12-19-8-4-3-5-9-19/h3-11,13-14,16-17H,2,12,15H2,1H3,(H,24,25). The van der Waals surface area contributed by atoms with Crippen LogP contribution in [0.15, 0.2) is 78.9 Å². The molecule has 0 atom stereocenters. The molecule has 0 saturated carbocycles. The lowest BCUT2D eigenvalue weighted by molar-refractivity contribution is 0.102. The summed E-state index contributed by atoms with van der Waals surface area (Å²) in [5, 5.41) is 3.01. The molecular formula is C23H23NO. The van der Waals surface area contributed by atoms with E-state index in [0.29, 0.717) is 0 Å². The summed E-state index contributed by atoms with van der Waals surface area (Å²) in [5.74, 6) is -0.0482. The van der Waals surface area contributed by atoms with Gasteiger partial charge in [0.15, 0.2) is 0 Å². The van der Waals surface area contributed by atoms with Crippen molar-refractivity contribution in [3.8, 4) is 0 Å². The van der Waals surface area contributed by atoms with Gasteiger partial charge in [0.25, 0.3) is 5.91 Å². The topological polar surface area (TPSA) is 29.1 Å². The van der Waals surface area contributed by atoms with Crippen molar-refractivity contribution in [2.45, 2.75) is 26.2 Å². The molecule has 126 valence electrons. The van der Waals surface area contributed by atoms with E-state index in [-0.39, 0.29) is 5.91 Å². The van der Waals surface area contributed by atoms with Gasteiger partial charge in [-0.1, -0.05) is 67.6 Å². The minimum Gasteiger partial charge on any atom is -0.322 e. The maximum atomic E-state index is 12.7. The Kier molecular flexibility index (Phi) is 5.63. The number of hydrogen-bond acceptors (Lipinski definition) is 1. The maximum Gasteiger partial charge on any atom is 0.255 e. The fourth-order valence-corrected chi connectivity index (χ4v) is 2.91. The summed E-state index contributed by atoms with van der Waals surface area (Å²) in [5.41, 5.74) is 5.21. The number of amides is 1. The SMILES string of the molecule is CCc1ccc(NC(=O)c2ccccc2CCc2ccccc2)cc1. The molecule has 0 aliphatic carbocycles. The molecule has 1 N–H and O–H groups in total. The van der Waals surface area contributed by atoms with Gasteiger partial charge in [0.1, 0.15) is 0 Å². The molecule has 3 rings (SSSR count). The highest BCUT2D eigenvalue weighted by Gasteiger charge is 2.11. The highest BCUT2D eigenvalue weighted by atomic mass is 16.1. The number of benzene rings is 3. The van der Waals surface area contributed by atoms with Crippen LogP contribution in [-0.2, 0) is 19.3 Å². The lowest BCUT2D eigenvalue weighted by atomic mass is 9.99. The summed E-state index contributed by atoms with van der Waals surface area (Å²) in [6, 6.07) is 26.2. The fraction of sp³-hybridized carbons (Fsp3) is 0.174. The molecule has 0 fully saturated rings. The quantitative estimate of drug-likeness (QED) is 0.654. The third-order valence-electron chi connectivity index (χ3n) is 4.41. The van der Waals surface area contributed by atoms with Crippen molar-refractivity contribution in [1.29, 1.82) is 0 Å². The predicted molar refractivity (Wildman–Crippen MR) is 104 cm³/mol. The van der Waals surface area contributed by atoms with Gasteiger partial charge >= 0.3 is 0 Å². The highest BCUT2D eigenvalue weighted by molar-refractivity contribution is 6.05. The summed E-state index contributed by atoms with van der Waals surface area (Å²) in [6.07, 6.45) is 2.77. The van der Waals surface area contributed by atoms with E-state index in [1.165, 1.54) is 11.1 Å². The lowest BCUT2D eigenvalue weighted by Gasteiger charge is -2.11. The Morgan fingerprint density at radius 1 is 0.760 bits per heavy atom. The van der Waals surface area contributed by atoms with E-state index in [2.05, 4.69) is 36.5 Å². The second-order valence-electron chi connectivity index (χ2n) is 6.15. The van der Waals surface area contributed by atoms with Gasteiger partial charge in [-0.15, -0.1) is 0 Å². The molecule has 1 amide bonds. The zero-order chi connectivity index (χ0) is 17.5. The normalized spacial score (nSPS) is 10.4. The minimum absolute atomic E-state index is 0.0482. The smallest absolute Gasteiger partial charge is 0.255 e. The molecule has 0 bridgehead atoms. The van der Waals surface area contributed by atoms with Gasteiger partial charge in [0.05, 0.1) is 0 Å². The average molecular weight is 329 g/mol. The molecule has 3 aromatic carbocycles. The van der Waals surface area contributed by atoms with Crippen molar-refractivity contribution >= 4 is 11.6 Å². The molecule has 0 spiro atoms. The van der Waals surface area contributed by atoms with Crippen LogP contribution in [0.4, 0.5) is 5.69 Å². The molecule has 2 heteroatoms. The molecule has 2 nitrogen and oxygen atoms in total. The van der Waals surface area contributed by atoms with E-state index in [1.807, 2.05) is 54.6 Å². The average Bonchev–Trinajstić information content (AvgIpc) is 2.68. The first-order chi connectivity index (χ1) is 12.3. The molecule has 0 saturated heterocycles. The highest BCUT2D eigenvalue weighted by Crippen LogP contribution is 2.16. The maximum absolute atomic E-state index is 12.7. The predicted octanol–water partition coefficient (Wildman–Crippen LogP) is 5.29. The summed E-state index contributed by atoms with van der Waals surface area (Å²) in [4.78, 5) is 12.7. The number of hydrogen-bond donors (Lipinski definition) is 1. The Bertz CT molecular complexity index is 822. The Hall–Kier alpha value is -2.87. The van der Waals surface area contributed by atoms with Gasteiger partial charge in [0.2, 0.25) is 0 Å². The molecule has 0 aromatic heterocycles. The number of nitrogens with one attached hydrogen (secondary N) is 1. The molecule has 0 radical (unpaired) electrons. The zero-order valence-electron chi connectivity index (χ0n) is 14.5. The minimum atomic E-state index is -0.0482. The van der Waals surface area contributed by atoms with Crippen LogP contribution < -0.4 is 5.32 Å². The van der Waals surface area contributed by atoms with Gasteiger partial charge in [-0.3, -0.25) is 4.79 Å². The second-order valence-corrected chi connectivity index (χ2v) is 6.15. The molecular weight excluding hydrogens is 306 g/mol. The summed E-state index contributed by atoms with van der Waals surface area (Å²) >= 11 is 0. The largest absolute Gasteiger partial charge is 0.322 e. The summed E-state index contributed by atoms with van der Waals surface area (Å²) in [6.45, 7) is 2.12. The van der Waals surface area contributed by atoms with E-state index in [9.17, 15) is 4.79 Å². The van der Waals surface area contributed by atoms with Gasteiger partial charge in [0, 0.05) is 11.3 Å². The van der Waals surface area contributed by atoms with E-state index in [0.717, 1.165) is 36.1 Å². The third-order valence-corrected chi connectivity index (χ3v) is 4.41. The van der Waals surface area contributed by atoms with Crippen LogP contribution >= 0.6 is 0 Å². The molecule has 3 aromatic rings. The fourth-order valence-electron chi connectivity index (χ4n) is 2.91. The van der Waals surface area contributed by atoms with Crippen LogP contribution in [0, 0.1) is 0 Å². The van der Waals surface area contributed by atoms with E-state index < -0.39 is 0 Å². The van der Waals surface area contributed by atoms with Crippen LogP contribution in [0.1, 0.15) is 34.0 Å².